The number of nitrogens with zero attached hydrogens (tertiary/aromatic N) is 5. The third-order valence-electron chi connectivity index (χ3n) is 4.83. The molecule has 2 aromatic heterocycles. The second-order valence-corrected chi connectivity index (χ2v) is 6.45. The van der Waals surface area contributed by atoms with Gasteiger partial charge in [-0.25, -0.2) is 9.97 Å². The van der Waals surface area contributed by atoms with Gasteiger partial charge in [-0.05, 0) is 31.5 Å². The van der Waals surface area contributed by atoms with Crippen molar-refractivity contribution in [2.24, 2.45) is 0 Å². The first-order chi connectivity index (χ1) is 12.0. The molecule has 2 saturated heterocycles. The molecule has 0 aromatic carbocycles. The largest absolute Gasteiger partial charge is 0.433 e. The van der Waals surface area contributed by atoms with Crippen molar-refractivity contribution in [3.05, 3.63) is 36.3 Å². The maximum absolute atomic E-state index is 13.3. The number of anilines is 1. The highest BCUT2D eigenvalue weighted by Gasteiger charge is 2.36. The molecule has 0 N–H and O–H groups in total. The highest BCUT2D eigenvalue weighted by Crippen LogP contribution is 2.32. The Morgan fingerprint density at radius 2 is 2.00 bits per heavy atom. The van der Waals surface area contributed by atoms with Crippen LogP contribution < -0.4 is 4.90 Å². The molecular weight excluding hydrogens is 331 g/mol. The zero-order valence-corrected chi connectivity index (χ0v) is 13.6. The van der Waals surface area contributed by atoms with Crippen molar-refractivity contribution >= 4 is 5.82 Å². The molecule has 25 heavy (non-hydrogen) atoms. The zero-order chi connectivity index (χ0) is 17.4. The number of hydrogen-bond acceptors (Lipinski definition) is 5. The molecule has 0 radical (unpaired) electrons. The van der Waals surface area contributed by atoms with Crippen LogP contribution in [0.5, 0.6) is 0 Å². The van der Waals surface area contributed by atoms with Gasteiger partial charge < -0.3 is 4.90 Å². The molecule has 2 fully saturated rings. The molecule has 132 valence electrons. The lowest BCUT2D eigenvalue weighted by Gasteiger charge is -2.38. The first-order valence-electron chi connectivity index (χ1n) is 8.36. The fourth-order valence-electron chi connectivity index (χ4n) is 3.56. The molecule has 0 bridgehead atoms. The van der Waals surface area contributed by atoms with Crippen LogP contribution >= 0.6 is 0 Å². The highest BCUT2D eigenvalue weighted by atomic mass is 19.4. The predicted molar refractivity (Wildman–Crippen MR) is 87.1 cm³/mol. The summed E-state index contributed by atoms with van der Waals surface area (Å²) in [6, 6.07) is 4.79. The smallest absolute Gasteiger partial charge is 0.354 e. The van der Waals surface area contributed by atoms with Crippen molar-refractivity contribution < 1.29 is 13.2 Å². The predicted octanol–water partition coefficient (Wildman–Crippen LogP) is 2.84. The summed E-state index contributed by atoms with van der Waals surface area (Å²) < 4.78 is 39.9. The molecule has 0 saturated carbocycles. The fraction of sp³-hybridized carbons (Fsp3) is 0.471. The monoisotopic (exact) mass is 349 g/mol. The van der Waals surface area contributed by atoms with E-state index in [-0.39, 0.29) is 5.82 Å². The number of piperazine rings is 1. The third kappa shape index (κ3) is 3.30. The Kier molecular flexibility index (Phi) is 4.07. The van der Waals surface area contributed by atoms with Crippen molar-refractivity contribution in [1.29, 1.82) is 0 Å². The maximum Gasteiger partial charge on any atom is 0.433 e. The van der Waals surface area contributed by atoms with E-state index in [4.69, 9.17) is 0 Å². The molecule has 0 aliphatic carbocycles. The molecular formula is C17H18F3N5. The fourth-order valence-corrected chi connectivity index (χ4v) is 3.56. The number of hydrogen-bond donors (Lipinski definition) is 0. The van der Waals surface area contributed by atoms with Crippen LogP contribution in [0.3, 0.4) is 0 Å². The van der Waals surface area contributed by atoms with Gasteiger partial charge in [0.2, 0.25) is 0 Å². The Labute approximate surface area is 143 Å². The van der Waals surface area contributed by atoms with E-state index in [1.807, 2.05) is 4.90 Å². The van der Waals surface area contributed by atoms with E-state index in [0.717, 1.165) is 32.0 Å². The van der Waals surface area contributed by atoms with E-state index in [2.05, 4.69) is 19.9 Å². The van der Waals surface area contributed by atoms with Crippen molar-refractivity contribution in [1.82, 2.24) is 19.9 Å². The molecule has 2 aromatic rings. The molecule has 1 unspecified atom stereocenters. The molecule has 8 heteroatoms. The molecule has 2 aliphatic heterocycles. The number of aromatic nitrogens is 3. The van der Waals surface area contributed by atoms with Crippen LogP contribution in [0.4, 0.5) is 19.0 Å². The van der Waals surface area contributed by atoms with E-state index >= 15 is 0 Å². The topological polar surface area (TPSA) is 45.2 Å². The van der Waals surface area contributed by atoms with Gasteiger partial charge in [-0.1, -0.05) is 0 Å². The number of rotatable bonds is 2. The molecule has 0 amide bonds. The quantitative estimate of drug-likeness (QED) is 0.834. The van der Waals surface area contributed by atoms with E-state index < -0.39 is 11.9 Å². The van der Waals surface area contributed by atoms with E-state index in [9.17, 15) is 13.2 Å². The maximum atomic E-state index is 13.3. The average Bonchev–Trinajstić information content (AvgIpc) is 3.09. The first kappa shape index (κ1) is 16.3. The normalized spacial score (nSPS) is 21.4. The molecule has 4 heterocycles. The lowest BCUT2D eigenvalue weighted by molar-refractivity contribution is -0.141. The molecule has 4 rings (SSSR count). The van der Waals surface area contributed by atoms with Crippen LogP contribution in [0.15, 0.2) is 30.6 Å². The van der Waals surface area contributed by atoms with Gasteiger partial charge in [0.15, 0.2) is 11.5 Å². The van der Waals surface area contributed by atoms with E-state index in [1.165, 1.54) is 6.20 Å². The van der Waals surface area contributed by atoms with Gasteiger partial charge in [0.1, 0.15) is 5.82 Å². The van der Waals surface area contributed by atoms with Gasteiger partial charge in [-0.3, -0.25) is 9.88 Å². The minimum absolute atomic E-state index is 0.0618. The van der Waals surface area contributed by atoms with Crippen LogP contribution in [0.25, 0.3) is 11.4 Å². The minimum Gasteiger partial charge on any atom is -0.354 e. The van der Waals surface area contributed by atoms with Gasteiger partial charge in [-0.2, -0.15) is 13.2 Å². The lowest BCUT2D eigenvalue weighted by Crippen LogP contribution is -2.50. The van der Waals surface area contributed by atoms with Gasteiger partial charge in [0.25, 0.3) is 0 Å². The van der Waals surface area contributed by atoms with Crippen molar-refractivity contribution in [3.8, 4) is 11.4 Å². The van der Waals surface area contributed by atoms with Crippen molar-refractivity contribution in [3.63, 3.8) is 0 Å². The summed E-state index contributed by atoms with van der Waals surface area (Å²) >= 11 is 0. The van der Waals surface area contributed by atoms with Crippen LogP contribution in [-0.4, -0.2) is 52.1 Å². The number of alkyl halides is 3. The Morgan fingerprint density at radius 1 is 1.12 bits per heavy atom. The van der Waals surface area contributed by atoms with Crippen LogP contribution in [0.1, 0.15) is 18.5 Å². The summed E-state index contributed by atoms with van der Waals surface area (Å²) in [6.07, 6.45) is 0.773. The SMILES string of the molecule is FC(F)(F)c1cc(N2CCN3CCCC3C2)nc(-c2cccnc2)n1. The summed E-state index contributed by atoms with van der Waals surface area (Å²) in [5.74, 6) is 0.402. The standard InChI is InChI=1S/C17H18F3N5/c18-17(19,20)14-9-15(23-16(22-14)12-3-1-5-21-10-12)25-8-7-24-6-2-4-13(24)11-25/h1,3,5,9-10,13H,2,4,6-8,11H2. The Hall–Kier alpha value is -2.22. The van der Waals surface area contributed by atoms with Gasteiger partial charge in [0, 0.05) is 49.7 Å². The molecule has 0 spiro atoms. The summed E-state index contributed by atoms with van der Waals surface area (Å²) in [4.78, 5) is 16.4. The van der Waals surface area contributed by atoms with Crippen molar-refractivity contribution in [2.75, 3.05) is 31.1 Å². The highest BCUT2D eigenvalue weighted by molar-refractivity contribution is 5.57. The minimum atomic E-state index is -4.51. The first-order valence-corrected chi connectivity index (χ1v) is 8.36. The summed E-state index contributed by atoms with van der Waals surface area (Å²) in [7, 11) is 0. The summed E-state index contributed by atoms with van der Waals surface area (Å²) in [5.41, 5.74) is -0.431. The zero-order valence-electron chi connectivity index (χ0n) is 13.6. The van der Waals surface area contributed by atoms with Crippen LogP contribution in [-0.2, 0) is 6.18 Å². The number of halogens is 3. The summed E-state index contributed by atoms with van der Waals surface area (Å²) in [6.45, 7) is 3.33. The van der Waals surface area contributed by atoms with E-state index in [1.54, 1.807) is 18.3 Å². The van der Waals surface area contributed by atoms with Crippen LogP contribution in [0, 0.1) is 0 Å². The third-order valence-corrected chi connectivity index (χ3v) is 4.83. The van der Waals surface area contributed by atoms with Crippen molar-refractivity contribution in [2.45, 2.75) is 25.1 Å². The molecule has 1 atom stereocenters. The summed E-state index contributed by atoms with van der Waals surface area (Å²) in [5, 5.41) is 0. The molecule has 5 nitrogen and oxygen atoms in total. The van der Waals surface area contributed by atoms with Gasteiger partial charge in [-0.15, -0.1) is 0 Å². The van der Waals surface area contributed by atoms with Crippen LogP contribution in [0.2, 0.25) is 0 Å². The Balaban J connectivity index is 1.71. The second-order valence-electron chi connectivity index (χ2n) is 6.45. The van der Waals surface area contributed by atoms with E-state index in [0.29, 0.717) is 30.5 Å². The van der Waals surface area contributed by atoms with Gasteiger partial charge >= 0.3 is 6.18 Å². The number of pyridine rings is 1. The Morgan fingerprint density at radius 3 is 2.76 bits per heavy atom. The average molecular weight is 349 g/mol. The lowest BCUT2D eigenvalue weighted by atomic mass is 10.1. The van der Waals surface area contributed by atoms with Gasteiger partial charge in [0.05, 0.1) is 0 Å². The second kappa shape index (κ2) is 6.25. The number of fused-ring (bicyclic) bond motifs is 1. The molecule has 2 aliphatic rings. The Bertz CT molecular complexity index is 750.